The Morgan fingerprint density at radius 1 is 1.28 bits per heavy atom. The van der Waals surface area contributed by atoms with Crippen LogP contribution in [-0.4, -0.2) is 12.8 Å². The molecule has 0 radical (unpaired) electrons. The van der Waals surface area contributed by atoms with Crippen molar-refractivity contribution in [2.24, 2.45) is 5.73 Å². The van der Waals surface area contributed by atoms with Crippen LogP contribution in [0.25, 0.3) is 0 Å². The van der Waals surface area contributed by atoms with Crippen molar-refractivity contribution in [2.75, 3.05) is 12.8 Å². The van der Waals surface area contributed by atoms with Crippen LogP contribution in [0.3, 0.4) is 0 Å². The van der Waals surface area contributed by atoms with Gasteiger partial charge in [0.2, 0.25) is 0 Å². The predicted molar refractivity (Wildman–Crippen MR) is 79.7 cm³/mol. The second-order valence-corrected chi connectivity index (χ2v) is 6.11. The van der Waals surface area contributed by atoms with Crippen LogP contribution in [0.5, 0.6) is 5.75 Å². The number of nitrogens with two attached hydrogens (primary N) is 1. The van der Waals surface area contributed by atoms with Crippen LogP contribution in [-0.2, 0) is 0 Å². The van der Waals surface area contributed by atoms with Crippen molar-refractivity contribution in [3.63, 3.8) is 0 Å². The van der Waals surface area contributed by atoms with Gasteiger partial charge in [-0.2, -0.15) is 0 Å². The monoisotopic (exact) mass is 279 g/mol. The van der Waals surface area contributed by atoms with Crippen molar-refractivity contribution in [2.45, 2.75) is 17.9 Å². The van der Waals surface area contributed by atoms with Crippen molar-refractivity contribution >= 4 is 23.1 Å². The normalized spacial score (nSPS) is 12.4. The van der Waals surface area contributed by atoms with Crippen molar-refractivity contribution < 1.29 is 4.74 Å². The van der Waals surface area contributed by atoms with Crippen LogP contribution in [0.4, 0.5) is 0 Å². The number of ether oxygens (including phenoxy) is 1. The maximum atomic E-state index is 6.05. The molecule has 0 saturated carbocycles. The van der Waals surface area contributed by atoms with E-state index in [4.69, 9.17) is 10.5 Å². The number of benzene rings is 1. The highest BCUT2D eigenvalue weighted by molar-refractivity contribution is 7.98. The third-order valence-electron chi connectivity index (χ3n) is 2.63. The van der Waals surface area contributed by atoms with Crippen LogP contribution in [0.15, 0.2) is 41.3 Å². The third kappa shape index (κ3) is 3.07. The SMILES string of the molecule is CSc1ccccc1OC(CN)c1ccc(C)s1. The molecule has 1 atom stereocenters. The zero-order chi connectivity index (χ0) is 13.0. The van der Waals surface area contributed by atoms with Gasteiger partial charge in [-0.05, 0) is 37.4 Å². The number of para-hydroxylation sites is 1. The average molecular weight is 279 g/mol. The van der Waals surface area contributed by atoms with Crippen molar-refractivity contribution in [1.29, 1.82) is 0 Å². The fourth-order valence-corrected chi connectivity index (χ4v) is 3.17. The molecule has 1 aromatic heterocycles. The van der Waals surface area contributed by atoms with Gasteiger partial charge in [-0.3, -0.25) is 0 Å². The highest BCUT2D eigenvalue weighted by Crippen LogP contribution is 2.32. The number of hydrogen-bond donors (Lipinski definition) is 1. The van der Waals surface area contributed by atoms with Gasteiger partial charge in [0, 0.05) is 21.2 Å². The quantitative estimate of drug-likeness (QED) is 0.844. The first-order chi connectivity index (χ1) is 8.74. The zero-order valence-electron chi connectivity index (χ0n) is 10.6. The molecule has 0 bridgehead atoms. The average Bonchev–Trinajstić information content (AvgIpc) is 2.83. The van der Waals surface area contributed by atoms with Gasteiger partial charge in [0.25, 0.3) is 0 Å². The lowest BCUT2D eigenvalue weighted by molar-refractivity contribution is 0.212. The van der Waals surface area contributed by atoms with Gasteiger partial charge in [-0.1, -0.05) is 12.1 Å². The van der Waals surface area contributed by atoms with Gasteiger partial charge in [-0.15, -0.1) is 23.1 Å². The van der Waals surface area contributed by atoms with E-state index in [9.17, 15) is 0 Å². The fraction of sp³-hybridized carbons (Fsp3) is 0.286. The van der Waals surface area contributed by atoms with E-state index >= 15 is 0 Å². The molecule has 0 fully saturated rings. The van der Waals surface area contributed by atoms with Gasteiger partial charge in [0.05, 0.1) is 0 Å². The first-order valence-electron chi connectivity index (χ1n) is 5.80. The van der Waals surface area contributed by atoms with E-state index in [1.165, 1.54) is 9.75 Å². The Bertz CT molecular complexity index is 510. The molecule has 0 spiro atoms. The van der Waals surface area contributed by atoms with E-state index in [-0.39, 0.29) is 6.10 Å². The molecule has 18 heavy (non-hydrogen) atoms. The van der Waals surface area contributed by atoms with E-state index in [0.717, 1.165) is 10.6 Å². The molecule has 0 aliphatic rings. The van der Waals surface area contributed by atoms with Crippen LogP contribution in [0.1, 0.15) is 15.9 Å². The predicted octanol–water partition coefficient (Wildman–Crippen LogP) is 3.86. The second kappa shape index (κ2) is 6.27. The minimum absolute atomic E-state index is 0.0583. The van der Waals surface area contributed by atoms with Gasteiger partial charge < -0.3 is 10.5 Å². The summed E-state index contributed by atoms with van der Waals surface area (Å²) in [5.41, 5.74) is 5.83. The molecular weight excluding hydrogens is 262 g/mol. The third-order valence-corrected chi connectivity index (χ3v) is 4.50. The Hall–Kier alpha value is -0.970. The van der Waals surface area contributed by atoms with Gasteiger partial charge in [0.15, 0.2) is 0 Å². The lowest BCUT2D eigenvalue weighted by Crippen LogP contribution is -2.17. The summed E-state index contributed by atoms with van der Waals surface area (Å²) in [5, 5.41) is 0. The summed E-state index contributed by atoms with van der Waals surface area (Å²) in [6, 6.07) is 12.3. The molecule has 4 heteroatoms. The summed E-state index contributed by atoms with van der Waals surface area (Å²) in [4.78, 5) is 3.61. The first kappa shape index (κ1) is 13.5. The fourth-order valence-electron chi connectivity index (χ4n) is 1.72. The molecule has 2 aromatic rings. The summed E-state index contributed by atoms with van der Waals surface area (Å²) in [6.07, 6.45) is 1.99. The molecule has 0 aliphatic carbocycles. The Morgan fingerprint density at radius 3 is 2.67 bits per heavy atom. The Morgan fingerprint density at radius 2 is 2.06 bits per heavy atom. The molecule has 0 aliphatic heterocycles. The molecule has 2 N–H and O–H groups in total. The topological polar surface area (TPSA) is 35.2 Å². The standard InChI is InChI=1S/C14H17NOS2/c1-10-7-8-14(18-10)12(9-15)16-11-5-3-4-6-13(11)17-2/h3-8,12H,9,15H2,1-2H3. The van der Waals surface area contributed by atoms with Gasteiger partial charge in [0.1, 0.15) is 11.9 Å². The molecular formula is C14H17NOS2. The minimum atomic E-state index is -0.0583. The smallest absolute Gasteiger partial charge is 0.145 e. The summed E-state index contributed by atoms with van der Waals surface area (Å²) < 4.78 is 6.05. The molecule has 2 nitrogen and oxygen atoms in total. The number of rotatable bonds is 5. The lowest BCUT2D eigenvalue weighted by Gasteiger charge is -2.17. The van der Waals surface area contributed by atoms with Crippen molar-refractivity contribution in [3.05, 3.63) is 46.2 Å². The second-order valence-electron chi connectivity index (χ2n) is 3.94. The van der Waals surface area contributed by atoms with Crippen LogP contribution in [0, 0.1) is 6.92 Å². The Balaban J connectivity index is 2.20. The summed E-state index contributed by atoms with van der Waals surface area (Å²) in [5.74, 6) is 0.909. The van der Waals surface area contributed by atoms with Crippen LogP contribution in [0.2, 0.25) is 0 Å². The number of thioether (sulfide) groups is 1. The highest BCUT2D eigenvalue weighted by atomic mass is 32.2. The van der Waals surface area contributed by atoms with E-state index in [1.54, 1.807) is 23.1 Å². The van der Waals surface area contributed by atoms with Crippen molar-refractivity contribution in [1.82, 2.24) is 0 Å². The van der Waals surface area contributed by atoms with E-state index < -0.39 is 0 Å². The summed E-state index contributed by atoms with van der Waals surface area (Å²) >= 11 is 3.43. The van der Waals surface area contributed by atoms with Crippen molar-refractivity contribution in [3.8, 4) is 5.75 Å². The van der Waals surface area contributed by atoms with Crippen LogP contribution < -0.4 is 10.5 Å². The summed E-state index contributed by atoms with van der Waals surface area (Å²) in [7, 11) is 0. The minimum Gasteiger partial charge on any atom is -0.482 e. The van der Waals surface area contributed by atoms with Gasteiger partial charge in [-0.25, -0.2) is 0 Å². The molecule has 1 unspecified atom stereocenters. The Labute approximate surface area is 116 Å². The number of hydrogen-bond acceptors (Lipinski definition) is 4. The lowest BCUT2D eigenvalue weighted by atomic mass is 10.2. The number of aryl methyl sites for hydroxylation is 1. The molecule has 1 aromatic carbocycles. The maximum Gasteiger partial charge on any atom is 0.145 e. The molecule has 2 rings (SSSR count). The largest absolute Gasteiger partial charge is 0.482 e. The van der Waals surface area contributed by atoms with E-state index in [1.807, 2.05) is 18.2 Å². The molecule has 0 amide bonds. The van der Waals surface area contributed by atoms with E-state index in [2.05, 4.69) is 31.4 Å². The van der Waals surface area contributed by atoms with Crippen LogP contribution >= 0.6 is 23.1 Å². The first-order valence-corrected chi connectivity index (χ1v) is 7.84. The summed E-state index contributed by atoms with van der Waals surface area (Å²) in [6.45, 7) is 2.58. The number of thiophene rings is 1. The molecule has 1 heterocycles. The highest BCUT2D eigenvalue weighted by Gasteiger charge is 2.15. The van der Waals surface area contributed by atoms with E-state index in [0.29, 0.717) is 6.54 Å². The molecule has 0 saturated heterocycles. The molecule has 96 valence electrons. The Kier molecular flexibility index (Phi) is 4.69. The zero-order valence-corrected chi connectivity index (χ0v) is 12.2. The van der Waals surface area contributed by atoms with Gasteiger partial charge >= 0.3 is 0 Å². The maximum absolute atomic E-state index is 6.05.